The molecule has 6 heteroatoms. The van der Waals surface area contributed by atoms with Gasteiger partial charge in [-0.1, -0.05) is 51.6 Å². The molecule has 1 N–H and O–H groups in total. The van der Waals surface area contributed by atoms with Gasteiger partial charge < -0.3 is 9.63 Å². The SMILES string of the molecule is CC(C)(C)C1(CCC[C@H](CC(=O)O)c2nc(CN3CCCC3)no2)CCCCC1. The van der Waals surface area contributed by atoms with Crippen molar-refractivity contribution in [2.75, 3.05) is 13.1 Å². The lowest BCUT2D eigenvalue weighted by Crippen LogP contribution is -2.37. The van der Waals surface area contributed by atoms with Gasteiger partial charge in [-0.3, -0.25) is 9.69 Å². The van der Waals surface area contributed by atoms with Crippen LogP contribution >= 0.6 is 0 Å². The zero-order chi connectivity index (χ0) is 20.9. The maximum absolute atomic E-state index is 11.5. The molecule has 0 bridgehead atoms. The fourth-order valence-electron chi connectivity index (χ4n) is 5.45. The number of rotatable bonds is 9. The first-order valence-corrected chi connectivity index (χ1v) is 11.6. The van der Waals surface area contributed by atoms with Crippen LogP contribution in [0, 0.1) is 10.8 Å². The average Bonchev–Trinajstić information content (AvgIpc) is 3.33. The predicted octanol–water partition coefficient (Wildman–Crippen LogP) is 5.39. The predicted molar refractivity (Wildman–Crippen MR) is 113 cm³/mol. The van der Waals surface area contributed by atoms with Gasteiger partial charge in [0, 0.05) is 5.92 Å². The van der Waals surface area contributed by atoms with Crippen LogP contribution in [-0.4, -0.2) is 39.2 Å². The van der Waals surface area contributed by atoms with E-state index >= 15 is 0 Å². The number of aliphatic carboxylic acids is 1. The van der Waals surface area contributed by atoms with Crippen LogP contribution in [0.2, 0.25) is 0 Å². The van der Waals surface area contributed by atoms with Gasteiger partial charge in [0.25, 0.3) is 0 Å². The zero-order valence-corrected chi connectivity index (χ0v) is 18.6. The summed E-state index contributed by atoms with van der Waals surface area (Å²) in [6.07, 6.45) is 12.1. The number of hydrogen-bond donors (Lipinski definition) is 1. The molecule has 1 aromatic rings. The molecule has 2 fully saturated rings. The van der Waals surface area contributed by atoms with Crippen molar-refractivity contribution in [2.24, 2.45) is 10.8 Å². The fraction of sp³-hybridized carbons (Fsp3) is 0.870. The van der Waals surface area contributed by atoms with Crippen molar-refractivity contribution in [3.05, 3.63) is 11.7 Å². The molecule has 2 aliphatic rings. The van der Waals surface area contributed by atoms with E-state index in [0.717, 1.165) is 32.4 Å². The van der Waals surface area contributed by atoms with Crippen LogP contribution in [0.15, 0.2) is 4.52 Å². The second-order valence-corrected chi connectivity index (χ2v) is 10.3. The topological polar surface area (TPSA) is 79.5 Å². The van der Waals surface area contributed by atoms with Gasteiger partial charge in [0.2, 0.25) is 5.89 Å². The molecule has 0 aromatic carbocycles. The van der Waals surface area contributed by atoms with Crippen LogP contribution in [0.3, 0.4) is 0 Å². The highest BCUT2D eigenvalue weighted by molar-refractivity contribution is 5.67. The Bertz CT molecular complexity index is 653. The smallest absolute Gasteiger partial charge is 0.304 e. The Hall–Kier alpha value is -1.43. The first-order valence-electron chi connectivity index (χ1n) is 11.6. The van der Waals surface area contributed by atoms with Crippen molar-refractivity contribution in [1.82, 2.24) is 15.0 Å². The maximum atomic E-state index is 11.5. The molecular weight excluding hydrogens is 366 g/mol. The monoisotopic (exact) mass is 405 g/mol. The summed E-state index contributed by atoms with van der Waals surface area (Å²) in [5.41, 5.74) is 0.651. The highest BCUT2D eigenvalue weighted by Crippen LogP contribution is 2.53. The summed E-state index contributed by atoms with van der Waals surface area (Å²) in [6, 6.07) is 0. The van der Waals surface area contributed by atoms with Gasteiger partial charge >= 0.3 is 5.97 Å². The molecule has 2 heterocycles. The fourth-order valence-corrected chi connectivity index (χ4v) is 5.45. The molecule has 1 saturated heterocycles. The standard InChI is InChI=1S/C23H39N3O3/c1-22(2,3)23(11-5-4-6-12-23)13-9-10-18(16-20(27)28)21-24-19(25-29-21)17-26-14-7-8-15-26/h18H,4-17H2,1-3H3,(H,27,28)/t18-/m1/s1. The lowest BCUT2D eigenvalue weighted by molar-refractivity contribution is -0.137. The maximum Gasteiger partial charge on any atom is 0.304 e. The average molecular weight is 406 g/mol. The molecule has 1 atom stereocenters. The Morgan fingerprint density at radius 3 is 2.48 bits per heavy atom. The molecule has 1 aliphatic carbocycles. The summed E-state index contributed by atoms with van der Waals surface area (Å²) in [5.74, 6) is 0.219. The minimum atomic E-state index is -0.794. The van der Waals surface area contributed by atoms with Crippen LogP contribution in [-0.2, 0) is 11.3 Å². The van der Waals surface area contributed by atoms with Gasteiger partial charge in [-0.15, -0.1) is 0 Å². The van der Waals surface area contributed by atoms with Gasteiger partial charge in [-0.05, 0) is 62.4 Å². The summed E-state index contributed by atoms with van der Waals surface area (Å²) >= 11 is 0. The minimum absolute atomic E-state index is 0.0634. The van der Waals surface area contributed by atoms with E-state index in [-0.39, 0.29) is 17.8 Å². The lowest BCUT2D eigenvalue weighted by Gasteiger charge is -2.48. The number of likely N-dealkylation sites (tertiary alicyclic amines) is 1. The van der Waals surface area contributed by atoms with Gasteiger partial charge in [0.1, 0.15) is 0 Å². The van der Waals surface area contributed by atoms with E-state index in [2.05, 4.69) is 35.8 Å². The third-order valence-corrected chi connectivity index (χ3v) is 7.43. The third kappa shape index (κ3) is 5.80. The number of aromatic nitrogens is 2. The molecule has 0 radical (unpaired) electrons. The van der Waals surface area contributed by atoms with Crippen molar-refractivity contribution in [2.45, 2.75) is 104 Å². The van der Waals surface area contributed by atoms with Gasteiger partial charge in [-0.2, -0.15) is 4.98 Å². The molecule has 3 rings (SSSR count). The Balaban J connectivity index is 1.61. The molecule has 0 spiro atoms. The van der Waals surface area contributed by atoms with E-state index < -0.39 is 5.97 Å². The quantitative estimate of drug-likeness (QED) is 0.593. The van der Waals surface area contributed by atoms with Crippen LogP contribution in [0.4, 0.5) is 0 Å². The number of carboxylic acid groups (broad SMARTS) is 1. The highest BCUT2D eigenvalue weighted by atomic mass is 16.5. The number of carbonyl (C=O) groups is 1. The Morgan fingerprint density at radius 2 is 1.86 bits per heavy atom. The van der Waals surface area contributed by atoms with Crippen molar-refractivity contribution < 1.29 is 14.4 Å². The summed E-state index contributed by atoms with van der Waals surface area (Å²) in [5, 5.41) is 13.5. The first kappa shape index (κ1) is 22.3. The second-order valence-electron chi connectivity index (χ2n) is 10.3. The molecule has 164 valence electrons. The Kier molecular flexibility index (Phi) is 7.36. The van der Waals surface area contributed by atoms with Gasteiger partial charge in [0.05, 0.1) is 13.0 Å². The van der Waals surface area contributed by atoms with Crippen LogP contribution in [0.5, 0.6) is 0 Å². The van der Waals surface area contributed by atoms with Crippen molar-refractivity contribution in [3.63, 3.8) is 0 Å². The zero-order valence-electron chi connectivity index (χ0n) is 18.6. The van der Waals surface area contributed by atoms with E-state index in [1.165, 1.54) is 44.9 Å². The summed E-state index contributed by atoms with van der Waals surface area (Å²) in [7, 11) is 0. The van der Waals surface area contributed by atoms with E-state index in [1.54, 1.807) is 0 Å². The largest absolute Gasteiger partial charge is 0.481 e. The van der Waals surface area contributed by atoms with Gasteiger partial charge in [0.15, 0.2) is 5.82 Å². The Morgan fingerprint density at radius 1 is 1.17 bits per heavy atom. The van der Waals surface area contributed by atoms with Crippen molar-refractivity contribution in [3.8, 4) is 0 Å². The van der Waals surface area contributed by atoms with Gasteiger partial charge in [-0.25, -0.2) is 0 Å². The Labute approximate surface area is 175 Å². The number of carboxylic acids is 1. The lowest BCUT2D eigenvalue weighted by atomic mass is 9.57. The highest BCUT2D eigenvalue weighted by Gasteiger charge is 2.42. The molecule has 1 aliphatic heterocycles. The molecule has 6 nitrogen and oxygen atoms in total. The minimum Gasteiger partial charge on any atom is -0.481 e. The van der Waals surface area contributed by atoms with Crippen LogP contribution in [0.1, 0.15) is 109 Å². The van der Waals surface area contributed by atoms with E-state index in [1.807, 2.05) is 0 Å². The third-order valence-electron chi connectivity index (χ3n) is 7.43. The molecule has 1 saturated carbocycles. The number of hydrogen-bond acceptors (Lipinski definition) is 5. The van der Waals surface area contributed by atoms with Crippen molar-refractivity contribution in [1.29, 1.82) is 0 Å². The summed E-state index contributed by atoms with van der Waals surface area (Å²) in [4.78, 5) is 18.4. The normalized spacial score (nSPS) is 21.3. The van der Waals surface area contributed by atoms with Crippen molar-refractivity contribution >= 4 is 5.97 Å². The molecule has 1 aromatic heterocycles. The molecule has 29 heavy (non-hydrogen) atoms. The molecule has 0 unspecified atom stereocenters. The molecule has 0 amide bonds. The molecular formula is C23H39N3O3. The van der Waals surface area contributed by atoms with E-state index in [9.17, 15) is 9.90 Å². The van der Waals surface area contributed by atoms with E-state index in [0.29, 0.717) is 23.7 Å². The summed E-state index contributed by atoms with van der Waals surface area (Å²) in [6.45, 7) is 9.98. The van der Waals surface area contributed by atoms with E-state index in [4.69, 9.17) is 4.52 Å². The number of nitrogens with zero attached hydrogens (tertiary/aromatic N) is 3. The summed E-state index contributed by atoms with van der Waals surface area (Å²) < 4.78 is 5.52. The van der Waals surface area contributed by atoms with Crippen LogP contribution in [0.25, 0.3) is 0 Å². The first-order chi connectivity index (χ1) is 13.8. The second kappa shape index (κ2) is 9.59. The van der Waals surface area contributed by atoms with Crippen LogP contribution < -0.4 is 0 Å².